The van der Waals surface area contributed by atoms with Crippen LogP contribution in [-0.4, -0.2) is 46.4 Å². The number of imide groups is 1. The lowest BCUT2D eigenvalue weighted by Crippen LogP contribution is -2.43. The molecule has 1 unspecified atom stereocenters. The first-order chi connectivity index (χ1) is 12.6. The molecule has 0 fully saturated rings. The molecule has 27 heavy (non-hydrogen) atoms. The van der Waals surface area contributed by atoms with Gasteiger partial charge in [-0.1, -0.05) is 27.7 Å². The summed E-state index contributed by atoms with van der Waals surface area (Å²) in [5, 5.41) is 14.1. The lowest BCUT2D eigenvalue weighted by molar-refractivity contribution is -0.139. The fourth-order valence-corrected chi connectivity index (χ4v) is 2.92. The lowest BCUT2D eigenvalue weighted by Gasteiger charge is -2.17. The number of rotatable bonds is 7. The van der Waals surface area contributed by atoms with E-state index in [9.17, 15) is 24.3 Å². The van der Waals surface area contributed by atoms with Gasteiger partial charge in [0, 0.05) is 12.2 Å². The van der Waals surface area contributed by atoms with E-state index in [0.717, 1.165) is 0 Å². The molecule has 1 aliphatic heterocycles. The molecule has 4 amide bonds. The first-order valence-electron chi connectivity index (χ1n) is 8.90. The Kier molecular flexibility index (Phi) is 6.20. The zero-order valence-electron chi connectivity index (χ0n) is 15.9. The zero-order chi connectivity index (χ0) is 20.3. The van der Waals surface area contributed by atoms with Gasteiger partial charge in [0.15, 0.2) is 0 Å². The van der Waals surface area contributed by atoms with Crippen LogP contribution in [0.3, 0.4) is 0 Å². The minimum absolute atomic E-state index is 0.0990. The van der Waals surface area contributed by atoms with Gasteiger partial charge < -0.3 is 15.7 Å². The summed E-state index contributed by atoms with van der Waals surface area (Å²) in [7, 11) is 0. The fourth-order valence-electron chi connectivity index (χ4n) is 2.92. The maximum absolute atomic E-state index is 12.5. The van der Waals surface area contributed by atoms with Crippen LogP contribution in [0, 0.1) is 11.8 Å². The molecule has 1 aliphatic rings. The average molecular weight is 375 g/mol. The Hall–Kier alpha value is -2.90. The molecule has 1 aromatic rings. The van der Waals surface area contributed by atoms with E-state index in [1.807, 2.05) is 27.7 Å². The lowest BCUT2D eigenvalue weighted by atomic mass is 10.0. The van der Waals surface area contributed by atoms with Crippen molar-refractivity contribution in [2.45, 2.75) is 40.2 Å². The van der Waals surface area contributed by atoms with Gasteiger partial charge in [-0.25, -0.2) is 9.59 Å². The van der Waals surface area contributed by atoms with Crippen molar-refractivity contribution in [3.8, 4) is 0 Å². The summed E-state index contributed by atoms with van der Waals surface area (Å²) in [5.74, 6) is -1.61. The van der Waals surface area contributed by atoms with Crippen molar-refractivity contribution in [3.05, 3.63) is 29.3 Å². The van der Waals surface area contributed by atoms with Crippen LogP contribution < -0.4 is 10.6 Å². The molecule has 0 spiro atoms. The summed E-state index contributed by atoms with van der Waals surface area (Å²) < 4.78 is 0. The summed E-state index contributed by atoms with van der Waals surface area (Å²) in [6.45, 7) is 7.88. The van der Waals surface area contributed by atoms with Gasteiger partial charge in [0.25, 0.3) is 11.8 Å². The number of benzene rings is 1. The molecule has 1 aromatic carbocycles. The number of hydrogen-bond donors (Lipinski definition) is 3. The van der Waals surface area contributed by atoms with Crippen LogP contribution in [0.1, 0.15) is 54.8 Å². The first kappa shape index (κ1) is 20.4. The van der Waals surface area contributed by atoms with Gasteiger partial charge in [-0.3, -0.25) is 14.5 Å². The number of nitrogens with zero attached hydrogens (tertiary/aromatic N) is 1. The van der Waals surface area contributed by atoms with Gasteiger partial charge >= 0.3 is 12.0 Å². The second-order valence-electron chi connectivity index (χ2n) is 7.49. The zero-order valence-corrected chi connectivity index (χ0v) is 15.9. The van der Waals surface area contributed by atoms with Crippen LogP contribution in [0.2, 0.25) is 0 Å². The van der Waals surface area contributed by atoms with Gasteiger partial charge in [0.05, 0.1) is 11.1 Å². The van der Waals surface area contributed by atoms with E-state index in [2.05, 4.69) is 10.6 Å². The number of carboxylic acid groups (broad SMARTS) is 1. The summed E-state index contributed by atoms with van der Waals surface area (Å²) in [6.07, 6.45) is 0.296. The Morgan fingerprint density at radius 1 is 1.04 bits per heavy atom. The van der Waals surface area contributed by atoms with E-state index in [4.69, 9.17) is 0 Å². The highest BCUT2D eigenvalue weighted by atomic mass is 16.4. The predicted molar refractivity (Wildman–Crippen MR) is 99.7 cm³/mol. The van der Waals surface area contributed by atoms with E-state index in [0.29, 0.717) is 24.2 Å². The summed E-state index contributed by atoms with van der Waals surface area (Å²) in [4.78, 5) is 49.4. The van der Waals surface area contributed by atoms with E-state index >= 15 is 0 Å². The molecule has 0 saturated carbocycles. The molecule has 1 atom stereocenters. The van der Waals surface area contributed by atoms with Gasteiger partial charge in [-0.05, 0) is 36.5 Å². The van der Waals surface area contributed by atoms with E-state index in [-0.39, 0.29) is 23.3 Å². The number of nitrogens with one attached hydrogen (secondary N) is 2. The first-order valence-corrected chi connectivity index (χ1v) is 8.90. The van der Waals surface area contributed by atoms with Crippen molar-refractivity contribution in [1.29, 1.82) is 0 Å². The van der Waals surface area contributed by atoms with E-state index < -0.39 is 23.9 Å². The Morgan fingerprint density at radius 2 is 1.67 bits per heavy atom. The van der Waals surface area contributed by atoms with Crippen LogP contribution in [0.4, 0.5) is 10.5 Å². The third kappa shape index (κ3) is 4.84. The summed E-state index contributed by atoms with van der Waals surface area (Å²) >= 11 is 0. The maximum atomic E-state index is 12.5. The Morgan fingerprint density at radius 3 is 2.22 bits per heavy atom. The van der Waals surface area contributed by atoms with Crippen LogP contribution in [0.25, 0.3) is 0 Å². The summed E-state index contributed by atoms with van der Waals surface area (Å²) in [5.41, 5.74) is 0.845. The Bertz CT molecular complexity index is 773. The highest BCUT2D eigenvalue weighted by Gasteiger charge is 2.35. The molecule has 0 aromatic heterocycles. The molecule has 0 bridgehead atoms. The highest BCUT2D eigenvalue weighted by molar-refractivity contribution is 6.21. The number of hydrogen-bond acceptors (Lipinski definition) is 4. The Balaban J connectivity index is 2.11. The minimum atomic E-state index is -1.11. The van der Waals surface area contributed by atoms with Crippen LogP contribution in [0.5, 0.6) is 0 Å². The van der Waals surface area contributed by atoms with Crippen molar-refractivity contribution >= 4 is 29.5 Å². The number of carbonyl (C=O) groups is 4. The second-order valence-corrected chi connectivity index (χ2v) is 7.49. The minimum Gasteiger partial charge on any atom is -0.480 e. The SMILES string of the molecule is CC(C)CC(NC(=O)Nc1ccc2c(c1)C(=O)N(CC(C)C)C2=O)C(=O)O. The van der Waals surface area contributed by atoms with E-state index in [1.54, 1.807) is 0 Å². The largest absolute Gasteiger partial charge is 0.480 e. The van der Waals surface area contributed by atoms with Crippen molar-refractivity contribution in [3.63, 3.8) is 0 Å². The monoisotopic (exact) mass is 375 g/mol. The molecule has 8 heteroatoms. The molecule has 0 radical (unpaired) electrons. The van der Waals surface area contributed by atoms with E-state index in [1.165, 1.54) is 23.1 Å². The molecule has 8 nitrogen and oxygen atoms in total. The third-order valence-electron chi connectivity index (χ3n) is 4.09. The van der Waals surface area contributed by atoms with Gasteiger partial charge in [0.1, 0.15) is 6.04 Å². The average Bonchev–Trinajstić information content (AvgIpc) is 2.78. The highest BCUT2D eigenvalue weighted by Crippen LogP contribution is 2.26. The fraction of sp³-hybridized carbons (Fsp3) is 0.474. The molecule has 3 N–H and O–H groups in total. The number of fused-ring (bicyclic) bond motifs is 1. The normalized spacial score (nSPS) is 14.5. The molecule has 146 valence electrons. The topological polar surface area (TPSA) is 116 Å². The second kappa shape index (κ2) is 8.20. The third-order valence-corrected chi connectivity index (χ3v) is 4.09. The standard InChI is InChI=1S/C19H25N3O5/c1-10(2)7-15(18(25)26)21-19(27)20-12-5-6-13-14(8-12)17(24)22(16(13)23)9-11(3)4/h5-6,8,10-11,15H,7,9H2,1-4H3,(H,25,26)(H2,20,21,27). The van der Waals surface area contributed by atoms with Crippen molar-refractivity contribution < 1.29 is 24.3 Å². The maximum Gasteiger partial charge on any atom is 0.326 e. The van der Waals surface area contributed by atoms with Crippen LogP contribution in [0.15, 0.2) is 18.2 Å². The number of urea groups is 1. The molecular formula is C19H25N3O5. The number of amides is 4. The van der Waals surface area contributed by atoms with Gasteiger partial charge in [0.2, 0.25) is 0 Å². The van der Waals surface area contributed by atoms with Crippen molar-refractivity contribution in [2.24, 2.45) is 11.8 Å². The molecule has 2 rings (SSSR count). The van der Waals surface area contributed by atoms with Gasteiger partial charge in [-0.15, -0.1) is 0 Å². The van der Waals surface area contributed by atoms with Crippen molar-refractivity contribution in [1.82, 2.24) is 10.2 Å². The van der Waals surface area contributed by atoms with Crippen LogP contribution in [-0.2, 0) is 4.79 Å². The smallest absolute Gasteiger partial charge is 0.326 e. The van der Waals surface area contributed by atoms with Crippen LogP contribution >= 0.6 is 0 Å². The van der Waals surface area contributed by atoms with Crippen molar-refractivity contribution in [2.75, 3.05) is 11.9 Å². The molecule has 1 heterocycles. The molecule has 0 aliphatic carbocycles. The number of anilines is 1. The quantitative estimate of drug-likeness (QED) is 0.634. The van der Waals surface area contributed by atoms with Gasteiger partial charge in [-0.2, -0.15) is 0 Å². The molecule has 0 saturated heterocycles. The Labute approximate surface area is 157 Å². The number of aliphatic carboxylic acids is 1. The predicted octanol–water partition coefficient (Wildman–Crippen LogP) is 2.56. The molecular weight excluding hydrogens is 350 g/mol. The summed E-state index contributed by atoms with van der Waals surface area (Å²) in [6, 6.07) is 2.76. The number of carbonyl (C=O) groups excluding carboxylic acids is 3. The number of carboxylic acids is 1.